The third-order valence-corrected chi connectivity index (χ3v) is 7.85. The Labute approximate surface area is 244 Å². The molecule has 0 aliphatic rings. The Balaban J connectivity index is 1.80. The number of aromatic nitrogens is 2. The SMILES string of the molecule is CCCCCCC(CCCCCC)c1nc(CCCc2ccccc2)cc(-c2ccc(CNCCCN)cc2)n1. The Hall–Kier alpha value is -2.56. The molecule has 0 saturated carbocycles. The van der Waals surface area contributed by atoms with E-state index >= 15 is 0 Å². The molecular formula is C36H54N4. The molecule has 3 rings (SSSR count). The van der Waals surface area contributed by atoms with Crippen LogP contribution >= 0.6 is 0 Å². The minimum atomic E-state index is 0.451. The highest BCUT2D eigenvalue weighted by atomic mass is 14.9. The second kappa shape index (κ2) is 19.5. The van der Waals surface area contributed by atoms with Gasteiger partial charge in [-0.05, 0) is 68.8 Å². The zero-order valence-corrected chi connectivity index (χ0v) is 25.3. The van der Waals surface area contributed by atoms with Crippen molar-refractivity contribution in [3.05, 3.63) is 83.3 Å². The van der Waals surface area contributed by atoms with Gasteiger partial charge >= 0.3 is 0 Å². The van der Waals surface area contributed by atoms with Crippen molar-refractivity contribution >= 4 is 0 Å². The molecule has 4 nitrogen and oxygen atoms in total. The summed E-state index contributed by atoms with van der Waals surface area (Å²) in [5.74, 6) is 1.53. The summed E-state index contributed by atoms with van der Waals surface area (Å²) >= 11 is 0. The van der Waals surface area contributed by atoms with Crippen molar-refractivity contribution in [2.45, 2.75) is 116 Å². The lowest BCUT2D eigenvalue weighted by atomic mass is 9.93. The van der Waals surface area contributed by atoms with E-state index in [2.05, 4.69) is 79.8 Å². The normalized spacial score (nSPS) is 11.4. The van der Waals surface area contributed by atoms with E-state index in [1.807, 2.05) is 0 Å². The average Bonchev–Trinajstić information content (AvgIpc) is 2.99. The quantitative estimate of drug-likeness (QED) is 0.132. The van der Waals surface area contributed by atoms with Gasteiger partial charge in [-0.2, -0.15) is 0 Å². The number of nitrogens with two attached hydrogens (primary N) is 1. The van der Waals surface area contributed by atoms with Crippen molar-refractivity contribution in [2.75, 3.05) is 13.1 Å². The largest absolute Gasteiger partial charge is 0.330 e. The molecule has 3 aromatic rings. The molecule has 1 aromatic heterocycles. The topological polar surface area (TPSA) is 63.8 Å². The molecule has 218 valence electrons. The number of rotatable bonds is 21. The first kappa shape index (κ1) is 32.0. The second-order valence-corrected chi connectivity index (χ2v) is 11.4. The maximum absolute atomic E-state index is 5.63. The molecule has 1 heterocycles. The monoisotopic (exact) mass is 542 g/mol. The van der Waals surface area contributed by atoms with Crippen LogP contribution in [0.3, 0.4) is 0 Å². The molecule has 0 saturated heterocycles. The highest BCUT2D eigenvalue weighted by molar-refractivity contribution is 5.60. The molecule has 0 bridgehead atoms. The zero-order valence-electron chi connectivity index (χ0n) is 25.3. The Morgan fingerprint density at radius 3 is 2.05 bits per heavy atom. The number of nitrogens with one attached hydrogen (secondary N) is 1. The maximum Gasteiger partial charge on any atom is 0.132 e. The Bertz CT molecular complexity index is 1040. The first-order valence-electron chi connectivity index (χ1n) is 16.1. The van der Waals surface area contributed by atoms with Crippen molar-refractivity contribution in [1.29, 1.82) is 0 Å². The van der Waals surface area contributed by atoms with Gasteiger partial charge in [0.05, 0.1) is 5.69 Å². The predicted octanol–water partition coefficient (Wildman–Crippen LogP) is 8.78. The van der Waals surface area contributed by atoms with Gasteiger partial charge < -0.3 is 11.1 Å². The standard InChI is InChI=1S/C36H54N4/c1-3-5-7-12-19-33(20-13-8-6-4-2)36-39-34(21-14-18-30-16-10-9-11-17-30)28-35(40-36)32-24-22-31(23-25-32)29-38-27-15-26-37/h9-11,16-17,22-25,28,33,38H,3-8,12-15,18-21,26-27,29,37H2,1-2H3. The molecule has 0 aliphatic heterocycles. The zero-order chi connectivity index (χ0) is 28.3. The minimum Gasteiger partial charge on any atom is -0.330 e. The van der Waals surface area contributed by atoms with E-state index in [4.69, 9.17) is 15.7 Å². The van der Waals surface area contributed by atoms with Gasteiger partial charge in [-0.25, -0.2) is 9.97 Å². The van der Waals surface area contributed by atoms with Crippen molar-refractivity contribution in [3.8, 4) is 11.3 Å². The molecule has 0 radical (unpaired) electrons. The van der Waals surface area contributed by atoms with Crippen LogP contribution in [0.1, 0.15) is 119 Å². The maximum atomic E-state index is 5.63. The fourth-order valence-electron chi connectivity index (χ4n) is 5.39. The summed E-state index contributed by atoms with van der Waals surface area (Å²) < 4.78 is 0. The van der Waals surface area contributed by atoms with Crippen LogP contribution in [-0.2, 0) is 19.4 Å². The van der Waals surface area contributed by atoms with E-state index in [9.17, 15) is 0 Å². The van der Waals surface area contributed by atoms with Crippen molar-refractivity contribution in [3.63, 3.8) is 0 Å². The van der Waals surface area contributed by atoms with Crippen LogP contribution in [0, 0.1) is 0 Å². The van der Waals surface area contributed by atoms with Gasteiger partial charge in [-0.3, -0.25) is 0 Å². The molecule has 40 heavy (non-hydrogen) atoms. The van der Waals surface area contributed by atoms with E-state index in [0.717, 1.165) is 56.8 Å². The van der Waals surface area contributed by atoms with Crippen molar-refractivity contribution in [2.24, 2.45) is 5.73 Å². The van der Waals surface area contributed by atoms with Gasteiger partial charge in [-0.15, -0.1) is 0 Å². The molecule has 0 atom stereocenters. The van der Waals surface area contributed by atoms with Crippen LogP contribution in [-0.4, -0.2) is 23.1 Å². The predicted molar refractivity (Wildman–Crippen MR) is 172 cm³/mol. The molecular weight excluding hydrogens is 488 g/mol. The number of aryl methyl sites for hydroxylation is 2. The summed E-state index contributed by atoms with van der Waals surface area (Å²) in [4.78, 5) is 10.5. The first-order chi connectivity index (χ1) is 19.7. The fraction of sp³-hybridized carbons (Fsp3) is 0.556. The summed E-state index contributed by atoms with van der Waals surface area (Å²) in [6.07, 6.45) is 16.9. The number of nitrogens with zero attached hydrogens (tertiary/aromatic N) is 2. The fourth-order valence-corrected chi connectivity index (χ4v) is 5.39. The second-order valence-electron chi connectivity index (χ2n) is 11.4. The van der Waals surface area contributed by atoms with Crippen molar-refractivity contribution < 1.29 is 0 Å². The van der Waals surface area contributed by atoms with E-state index in [-0.39, 0.29) is 0 Å². The summed E-state index contributed by atoms with van der Waals surface area (Å²) in [6.45, 7) is 7.14. The van der Waals surface area contributed by atoms with Crippen LogP contribution in [0.2, 0.25) is 0 Å². The number of hydrogen-bond acceptors (Lipinski definition) is 4. The Kier molecular flexibility index (Phi) is 15.6. The smallest absolute Gasteiger partial charge is 0.132 e. The summed E-state index contributed by atoms with van der Waals surface area (Å²) in [7, 11) is 0. The van der Waals surface area contributed by atoms with Crippen molar-refractivity contribution in [1.82, 2.24) is 15.3 Å². The highest BCUT2D eigenvalue weighted by Gasteiger charge is 2.17. The van der Waals surface area contributed by atoms with E-state index in [0.29, 0.717) is 5.92 Å². The Morgan fingerprint density at radius 2 is 1.40 bits per heavy atom. The van der Waals surface area contributed by atoms with Gasteiger partial charge in [0.25, 0.3) is 0 Å². The van der Waals surface area contributed by atoms with Crippen LogP contribution in [0.15, 0.2) is 60.7 Å². The molecule has 0 spiro atoms. The first-order valence-corrected chi connectivity index (χ1v) is 16.1. The lowest BCUT2D eigenvalue weighted by Gasteiger charge is -2.18. The van der Waals surface area contributed by atoms with E-state index in [1.165, 1.54) is 86.6 Å². The third kappa shape index (κ3) is 11.9. The number of unbranched alkanes of at least 4 members (excludes halogenated alkanes) is 6. The highest BCUT2D eigenvalue weighted by Crippen LogP contribution is 2.29. The minimum absolute atomic E-state index is 0.451. The van der Waals surface area contributed by atoms with Gasteiger partial charge in [0.2, 0.25) is 0 Å². The van der Waals surface area contributed by atoms with Gasteiger partial charge in [0.15, 0.2) is 0 Å². The summed E-state index contributed by atoms with van der Waals surface area (Å²) in [5, 5.41) is 3.48. The average molecular weight is 543 g/mol. The van der Waals surface area contributed by atoms with E-state index < -0.39 is 0 Å². The molecule has 2 aromatic carbocycles. The van der Waals surface area contributed by atoms with Crippen LogP contribution in [0.25, 0.3) is 11.3 Å². The molecule has 0 unspecified atom stereocenters. The van der Waals surface area contributed by atoms with Crippen LogP contribution in [0.4, 0.5) is 0 Å². The van der Waals surface area contributed by atoms with Crippen LogP contribution in [0.5, 0.6) is 0 Å². The van der Waals surface area contributed by atoms with Gasteiger partial charge in [0, 0.05) is 23.7 Å². The summed E-state index contributed by atoms with van der Waals surface area (Å²) in [5.41, 5.74) is 11.8. The molecule has 3 N–H and O–H groups in total. The Morgan fingerprint density at radius 1 is 0.700 bits per heavy atom. The molecule has 0 fully saturated rings. The van der Waals surface area contributed by atoms with Gasteiger partial charge in [0.1, 0.15) is 5.82 Å². The third-order valence-electron chi connectivity index (χ3n) is 7.85. The number of hydrogen-bond donors (Lipinski definition) is 2. The van der Waals surface area contributed by atoms with E-state index in [1.54, 1.807) is 0 Å². The number of benzene rings is 2. The lowest BCUT2D eigenvalue weighted by molar-refractivity contribution is 0.478. The van der Waals surface area contributed by atoms with Crippen LogP contribution < -0.4 is 11.1 Å². The van der Waals surface area contributed by atoms with Gasteiger partial charge in [-0.1, -0.05) is 120 Å². The molecule has 0 amide bonds. The lowest BCUT2D eigenvalue weighted by Crippen LogP contribution is -2.17. The summed E-state index contributed by atoms with van der Waals surface area (Å²) in [6, 6.07) is 22.0. The molecule has 0 aliphatic carbocycles. The molecule has 4 heteroatoms.